The lowest BCUT2D eigenvalue weighted by Gasteiger charge is -2.17. The van der Waals surface area contributed by atoms with E-state index in [-0.39, 0.29) is 0 Å². The zero-order valence-electron chi connectivity index (χ0n) is 12.0. The molecule has 1 aliphatic carbocycles. The Morgan fingerprint density at radius 2 is 1.95 bits per heavy atom. The van der Waals surface area contributed by atoms with E-state index in [0.29, 0.717) is 6.04 Å². The third-order valence-electron chi connectivity index (χ3n) is 4.27. The molecule has 0 bridgehead atoms. The Morgan fingerprint density at radius 1 is 1.21 bits per heavy atom. The van der Waals surface area contributed by atoms with Crippen molar-refractivity contribution >= 4 is 10.9 Å². The van der Waals surface area contributed by atoms with Crippen LogP contribution in [0.25, 0.3) is 10.9 Å². The van der Waals surface area contributed by atoms with Crippen LogP contribution in [0.1, 0.15) is 51.3 Å². The Kier molecular flexibility index (Phi) is 3.61. The summed E-state index contributed by atoms with van der Waals surface area (Å²) in [6.45, 7) is 5.54. The van der Waals surface area contributed by atoms with Crippen LogP contribution in [0.5, 0.6) is 0 Å². The number of nitrogens with zero attached hydrogens (tertiary/aromatic N) is 1. The molecule has 102 valence electrons. The number of aromatic nitrogens is 1. The molecule has 0 unspecified atom stereocenters. The van der Waals surface area contributed by atoms with Crippen molar-refractivity contribution in [2.45, 2.75) is 58.2 Å². The number of nitrogens with one attached hydrogen (secondary N) is 1. The van der Waals surface area contributed by atoms with Gasteiger partial charge in [0.05, 0.1) is 0 Å². The van der Waals surface area contributed by atoms with E-state index in [0.717, 1.165) is 12.6 Å². The smallest absolute Gasteiger partial charge is 0.0485 e. The normalized spacial score (nSPS) is 16.8. The van der Waals surface area contributed by atoms with Crippen LogP contribution < -0.4 is 5.32 Å². The number of fused-ring (bicyclic) bond motifs is 1. The first kappa shape index (κ1) is 12.7. The maximum atomic E-state index is 3.73. The number of benzene rings is 1. The highest BCUT2D eigenvalue weighted by molar-refractivity contribution is 5.81. The fraction of sp³-hybridized carbons (Fsp3) is 0.529. The molecule has 0 saturated heterocycles. The van der Waals surface area contributed by atoms with Crippen LogP contribution in [0.3, 0.4) is 0 Å². The average molecular weight is 256 g/mol. The molecule has 1 fully saturated rings. The summed E-state index contributed by atoms with van der Waals surface area (Å²) in [5.74, 6) is 0. The molecule has 1 saturated carbocycles. The highest BCUT2D eigenvalue weighted by Crippen LogP contribution is 2.25. The summed E-state index contributed by atoms with van der Waals surface area (Å²) in [6.07, 6.45) is 5.49. The highest BCUT2D eigenvalue weighted by Gasteiger charge is 2.16. The molecule has 3 rings (SSSR count). The predicted molar refractivity (Wildman–Crippen MR) is 81.4 cm³/mol. The molecule has 0 spiro atoms. The van der Waals surface area contributed by atoms with Crippen LogP contribution >= 0.6 is 0 Å². The molecular weight excluding hydrogens is 232 g/mol. The maximum absolute atomic E-state index is 3.73. The van der Waals surface area contributed by atoms with Gasteiger partial charge in [-0.15, -0.1) is 0 Å². The van der Waals surface area contributed by atoms with Crippen LogP contribution in [0.4, 0.5) is 0 Å². The van der Waals surface area contributed by atoms with E-state index in [1.807, 2.05) is 0 Å². The first-order valence-electron chi connectivity index (χ1n) is 7.58. The van der Waals surface area contributed by atoms with Gasteiger partial charge in [0, 0.05) is 29.8 Å². The van der Waals surface area contributed by atoms with Crippen molar-refractivity contribution < 1.29 is 0 Å². The quantitative estimate of drug-likeness (QED) is 0.865. The minimum absolute atomic E-state index is 0.514. The van der Waals surface area contributed by atoms with E-state index in [1.54, 1.807) is 0 Å². The summed E-state index contributed by atoms with van der Waals surface area (Å²) in [5.41, 5.74) is 2.78. The van der Waals surface area contributed by atoms with Gasteiger partial charge in [-0.3, -0.25) is 0 Å². The Hall–Kier alpha value is -1.28. The second-order valence-electron chi connectivity index (χ2n) is 6.02. The van der Waals surface area contributed by atoms with Gasteiger partial charge < -0.3 is 9.88 Å². The van der Waals surface area contributed by atoms with Crippen molar-refractivity contribution in [1.29, 1.82) is 0 Å². The molecule has 0 radical (unpaired) electrons. The van der Waals surface area contributed by atoms with Gasteiger partial charge in [-0.05, 0) is 44.2 Å². The van der Waals surface area contributed by atoms with Crippen molar-refractivity contribution in [3.05, 3.63) is 36.0 Å². The third kappa shape index (κ3) is 2.55. The topological polar surface area (TPSA) is 17.0 Å². The zero-order valence-corrected chi connectivity index (χ0v) is 12.0. The third-order valence-corrected chi connectivity index (χ3v) is 4.27. The first-order valence-corrected chi connectivity index (χ1v) is 7.58. The number of hydrogen-bond acceptors (Lipinski definition) is 1. The Balaban J connectivity index is 1.86. The summed E-state index contributed by atoms with van der Waals surface area (Å²) >= 11 is 0. The molecule has 1 aromatic heterocycles. The number of para-hydroxylation sites is 1. The molecule has 0 aliphatic heterocycles. The monoisotopic (exact) mass is 256 g/mol. The predicted octanol–water partition coefficient (Wildman–Crippen LogP) is 4.25. The van der Waals surface area contributed by atoms with Gasteiger partial charge in [-0.1, -0.05) is 31.0 Å². The molecular formula is C17H24N2. The van der Waals surface area contributed by atoms with Crippen LogP contribution in [-0.2, 0) is 6.54 Å². The maximum Gasteiger partial charge on any atom is 0.0485 e. The van der Waals surface area contributed by atoms with Crippen LogP contribution in [0.2, 0.25) is 0 Å². The number of hydrogen-bond donors (Lipinski definition) is 1. The largest absolute Gasteiger partial charge is 0.341 e. The summed E-state index contributed by atoms with van der Waals surface area (Å²) < 4.78 is 2.47. The van der Waals surface area contributed by atoms with Crippen molar-refractivity contribution in [1.82, 2.24) is 9.88 Å². The summed E-state index contributed by atoms with van der Waals surface area (Å²) in [6, 6.07) is 12.3. The fourth-order valence-corrected chi connectivity index (χ4v) is 3.36. The second-order valence-corrected chi connectivity index (χ2v) is 6.02. The van der Waals surface area contributed by atoms with E-state index in [1.165, 1.54) is 42.3 Å². The van der Waals surface area contributed by atoms with E-state index >= 15 is 0 Å². The molecule has 1 aliphatic rings. The van der Waals surface area contributed by atoms with Crippen LogP contribution in [0.15, 0.2) is 30.3 Å². The van der Waals surface area contributed by atoms with Crippen molar-refractivity contribution in [3.63, 3.8) is 0 Å². The van der Waals surface area contributed by atoms with Gasteiger partial charge in [0.25, 0.3) is 0 Å². The van der Waals surface area contributed by atoms with Gasteiger partial charge >= 0.3 is 0 Å². The molecule has 19 heavy (non-hydrogen) atoms. The van der Waals surface area contributed by atoms with Crippen molar-refractivity contribution in [2.75, 3.05) is 0 Å². The van der Waals surface area contributed by atoms with Gasteiger partial charge in [0.2, 0.25) is 0 Å². The summed E-state index contributed by atoms with van der Waals surface area (Å²) in [5, 5.41) is 5.09. The second kappa shape index (κ2) is 5.38. The highest BCUT2D eigenvalue weighted by atomic mass is 15.0. The van der Waals surface area contributed by atoms with Gasteiger partial charge in [0.1, 0.15) is 0 Å². The number of rotatable bonds is 4. The molecule has 2 heteroatoms. The lowest BCUT2D eigenvalue weighted by Crippen LogP contribution is -2.26. The van der Waals surface area contributed by atoms with Crippen LogP contribution in [0, 0.1) is 0 Å². The molecule has 1 heterocycles. The van der Waals surface area contributed by atoms with E-state index < -0.39 is 0 Å². The van der Waals surface area contributed by atoms with Crippen LogP contribution in [-0.4, -0.2) is 10.6 Å². The molecule has 0 amide bonds. The van der Waals surface area contributed by atoms with Gasteiger partial charge in [-0.25, -0.2) is 0 Å². The van der Waals surface area contributed by atoms with Crippen molar-refractivity contribution in [3.8, 4) is 0 Å². The summed E-state index contributed by atoms with van der Waals surface area (Å²) in [7, 11) is 0. The SMILES string of the molecule is CC(C)n1c(CNC2CCCC2)cc2ccccc21. The van der Waals surface area contributed by atoms with Gasteiger partial charge in [-0.2, -0.15) is 0 Å². The average Bonchev–Trinajstić information content (AvgIpc) is 3.03. The lowest BCUT2D eigenvalue weighted by molar-refractivity contribution is 0.497. The standard InChI is InChI=1S/C17H24N2/c1-13(2)19-16(12-18-15-8-4-5-9-15)11-14-7-3-6-10-17(14)19/h3,6-7,10-11,13,15,18H,4-5,8-9,12H2,1-2H3. The van der Waals surface area contributed by atoms with Crippen molar-refractivity contribution in [2.24, 2.45) is 0 Å². The van der Waals surface area contributed by atoms with E-state index in [9.17, 15) is 0 Å². The molecule has 2 nitrogen and oxygen atoms in total. The Bertz CT molecular complexity index is 547. The molecule has 2 aromatic rings. The molecule has 1 aromatic carbocycles. The Morgan fingerprint density at radius 3 is 2.68 bits per heavy atom. The molecule has 0 atom stereocenters. The fourth-order valence-electron chi connectivity index (χ4n) is 3.36. The first-order chi connectivity index (χ1) is 9.25. The molecule has 1 N–H and O–H groups in total. The Labute approximate surface area is 115 Å². The minimum Gasteiger partial charge on any atom is -0.341 e. The minimum atomic E-state index is 0.514. The summed E-state index contributed by atoms with van der Waals surface area (Å²) in [4.78, 5) is 0. The zero-order chi connectivity index (χ0) is 13.2. The lowest BCUT2D eigenvalue weighted by atomic mass is 10.2. The van der Waals surface area contributed by atoms with E-state index in [2.05, 4.69) is 54.1 Å². The van der Waals surface area contributed by atoms with E-state index in [4.69, 9.17) is 0 Å². The van der Waals surface area contributed by atoms with Gasteiger partial charge in [0.15, 0.2) is 0 Å².